The first-order chi connectivity index (χ1) is 5.65. The first-order valence-electron chi connectivity index (χ1n) is 4.48. The molecule has 0 aromatic rings. The molecule has 1 amide bonds. The van der Waals surface area contributed by atoms with Crippen LogP contribution in [0.2, 0.25) is 0 Å². The van der Waals surface area contributed by atoms with Crippen molar-refractivity contribution in [3.8, 4) is 0 Å². The van der Waals surface area contributed by atoms with Gasteiger partial charge in [0.1, 0.15) is 0 Å². The lowest BCUT2D eigenvalue weighted by Gasteiger charge is -2.34. The van der Waals surface area contributed by atoms with E-state index >= 15 is 0 Å². The van der Waals surface area contributed by atoms with E-state index in [-0.39, 0.29) is 6.09 Å². The fraction of sp³-hybridized carbons (Fsp3) is 0.889. The number of likely N-dealkylation sites (tertiary alicyclic amines) is 1. The number of piperidine rings is 1. The van der Waals surface area contributed by atoms with Crippen molar-refractivity contribution in [3.63, 3.8) is 0 Å². The molecule has 1 fully saturated rings. The second-order valence-corrected chi connectivity index (χ2v) is 3.66. The highest BCUT2D eigenvalue weighted by molar-refractivity contribution is 5.67. The van der Waals surface area contributed by atoms with Gasteiger partial charge in [-0.15, -0.1) is 0 Å². The molecule has 2 atom stereocenters. The summed E-state index contributed by atoms with van der Waals surface area (Å²) in [6.45, 7) is 6.10. The minimum atomic E-state index is -0.186. The molecule has 3 nitrogen and oxygen atoms in total. The van der Waals surface area contributed by atoms with E-state index in [1.165, 1.54) is 7.11 Å². The van der Waals surface area contributed by atoms with Crippen LogP contribution in [-0.4, -0.2) is 31.2 Å². The zero-order chi connectivity index (χ0) is 9.14. The van der Waals surface area contributed by atoms with Gasteiger partial charge in [-0.3, -0.25) is 0 Å². The SMILES string of the molecule is COC(=O)N1CC[C@H](C)[C@H](C)C1. The Labute approximate surface area is 73.7 Å². The largest absolute Gasteiger partial charge is 0.453 e. The molecule has 0 aromatic carbocycles. The quantitative estimate of drug-likeness (QED) is 0.555. The van der Waals surface area contributed by atoms with Crippen molar-refractivity contribution in [2.24, 2.45) is 11.8 Å². The highest BCUT2D eigenvalue weighted by Crippen LogP contribution is 2.22. The Balaban J connectivity index is 2.45. The van der Waals surface area contributed by atoms with E-state index in [1.54, 1.807) is 4.90 Å². The molecule has 1 aliphatic heterocycles. The third-order valence-electron chi connectivity index (χ3n) is 2.77. The summed E-state index contributed by atoms with van der Waals surface area (Å²) >= 11 is 0. The zero-order valence-corrected chi connectivity index (χ0v) is 8.04. The summed E-state index contributed by atoms with van der Waals surface area (Å²) in [5.74, 6) is 1.32. The van der Waals surface area contributed by atoms with Crippen LogP contribution in [0.25, 0.3) is 0 Å². The van der Waals surface area contributed by atoms with Gasteiger partial charge in [0.2, 0.25) is 0 Å². The van der Waals surface area contributed by atoms with Crippen molar-refractivity contribution in [1.82, 2.24) is 4.90 Å². The highest BCUT2D eigenvalue weighted by atomic mass is 16.5. The lowest BCUT2D eigenvalue weighted by molar-refractivity contribution is 0.0905. The average Bonchev–Trinajstić information content (AvgIpc) is 2.08. The number of nitrogens with zero attached hydrogens (tertiary/aromatic N) is 1. The van der Waals surface area contributed by atoms with Crippen LogP contribution in [0.1, 0.15) is 20.3 Å². The fourth-order valence-corrected chi connectivity index (χ4v) is 1.56. The molecule has 0 spiro atoms. The first-order valence-corrected chi connectivity index (χ1v) is 4.48. The van der Waals surface area contributed by atoms with E-state index in [0.717, 1.165) is 25.4 Å². The second-order valence-electron chi connectivity index (χ2n) is 3.66. The molecule has 0 saturated carbocycles. The Kier molecular flexibility index (Phi) is 2.95. The molecule has 0 unspecified atom stereocenters. The standard InChI is InChI=1S/C9H17NO2/c1-7-4-5-10(6-8(7)2)9(11)12-3/h7-8H,4-6H2,1-3H3/t7-,8+/m0/s1. The van der Waals surface area contributed by atoms with Crippen molar-refractivity contribution in [2.75, 3.05) is 20.2 Å². The average molecular weight is 171 g/mol. The van der Waals surface area contributed by atoms with Crippen LogP contribution >= 0.6 is 0 Å². The molecule has 0 N–H and O–H groups in total. The van der Waals surface area contributed by atoms with Gasteiger partial charge in [0, 0.05) is 13.1 Å². The summed E-state index contributed by atoms with van der Waals surface area (Å²) in [4.78, 5) is 12.9. The van der Waals surface area contributed by atoms with Crippen molar-refractivity contribution in [3.05, 3.63) is 0 Å². The summed E-state index contributed by atoms with van der Waals surface area (Å²) in [6.07, 6.45) is 0.907. The van der Waals surface area contributed by atoms with Crippen LogP contribution in [0.5, 0.6) is 0 Å². The maximum atomic E-state index is 11.1. The summed E-state index contributed by atoms with van der Waals surface area (Å²) < 4.78 is 4.66. The molecule has 1 rings (SSSR count). The zero-order valence-electron chi connectivity index (χ0n) is 8.04. The number of rotatable bonds is 0. The first kappa shape index (κ1) is 9.36. The molecular weight excluding hydrogens is 154 g/mol. The minimum Gasteiger partial charge on any atom is -0.453 e. The number of amides is 1. The Bertz CT molecular complexity index is 170. The van der Waals surface area contributed by atoms with E-state index in [4.69, 9.17) is 0 Å². The Hall–Kier alpha value is -0.730. The number of hydrogen-bond acceptors (Lipinski definition) is 2. The van der Waals surface area contributed by atoms with Gasteiger partial charge in [-0.25, -0.2) is 4.79 Å². The molecular formula is C9H17NO2. The predicted octanol–water partition coefficient (Wildman–Crippen LogP) is 1.73. The predicted molar refractivity (Wildman–Crippen MR) is 46.9 cm³/mol. The minimum absolute atomic E-state index is 0.186. The smallest absolute Gasteiger partial charge is 0.409 e. The molecule has 0 aromatic heterocycles. The van der Waals surface area contributed by atoms with Gasteiger partial charge in [-0.1, -0.05) is 13.8 Å². The normalized spacial score (nSPS) is 30.1. The molecule has 12 heavy (non-hydrogen) atoms. The third-order valence-corrected chi connectivity index (χ3v) is 2.77. The Morgan fingerprint density at radius 3 is 2.58 bits per heavy atom. The van der Waals surface area contributed by atoms with Crippen LogP contribution in [-0.2, 0) is 4.74 Å². The molecule has 0 radical (unpaired) electrons. The van der Waals surface area contributed by atoms with Crippen LogP contribution in [0.4, 0.5) is 4.79 Å². The maximum absolute atomic E-state index is 11.1. The summed E-state index contributed by atoms with van der Waals surface area (Å²) in [5.41, 5.74) is 0. The lowest BCUT2D eigenvalue weighted by Crippen LogP contribution is -2.42. The molecule has 1 saturated heterocycles. The Morgan fingerprint density at radius 1 is 1.42 bits per heavy atom. The summed E-state index contributed by atoms with van der Waals surface area (Å²) in [6, 6.07) is 0. The maximum Gasteiger partial charge on any atom is 0.409 e. The van der Waals surface area contributed by atoms with Gasteiger partial charge in [0.25, 0.3) is 0 Å². The number of carbonyl (C=O) groups is 1. The summed E-state index contributed by atoms with van der Waals surface area (Å²) in [5, 5.41) is 0. The van der Waals surface area contributed by atoms with Crippen molar-refractivity contribution in [1.29, 1.82) is 0 Å². The highest BCUT2D eigenvalue weighted by Gasteiger charge is 2.25. The van der Waals surface area contributed by atoms with Crippen LogP contribution in [0.3, 0.4) is 0 Å². The third kappa shape index (κ3) is 1.90. The molecule has 3 heteroatoms. The van der Waals surface area contributed by atoms with Gasteiger partial charge >= 0.3 is 6.09 Å². The number of methoxy groups -OCH3 is 1. The van der Waals surface area contributed by atoms with Crippen LogP contribution < -0.4 is 0 Å². The topological polar surface area (TPSA) is 29.5 Å². The molecule has 0 aliphatic carbocycles. The second kappa shape index (κ2) is 3.78. The molecule has 1 heterocycles. The molecule has 70 valence electrons. The van der Waals surface area contributed by atoms with Gasteiger partial charge in [0.05, 0.1) is 7.11 Å². The van der Waals surface area contributed by atoms with Crippen LogP contribution in [0.15, 0.2) is 0 Å². The van der Waals surface area contributed by atoms with Crippen molar-refractivity contribution >= 4 is 6.09 Å². The van der Waals surface area contributed by atoms with Gasteiger partial charge < -0.3 is 9.64 Å². The van der Waals surface area contributed by atoms with E-state index in [0.29, 0.717) is 5.92 Å². The van der Waals surface area contributed by atoms with Gasteiger partial charge in [0.15, 0.2) is 0 Å². The molecule has 0 bridgehead atoms. The number of ether oxygens (including phenoxy) is 1. The van der Waals surface area contributed by atoms with Gasteiger partial charge in [-0.05, 0) is 18.3 Å². The number of carbonyl (C=O) groups excluding carboxylic acids is 1. The van der Waals surface area contributed by atoms with Crippen molar-refractivity contribution < 1.29 is 9.53 Å². The number of hydrogen-bond donors (Lipinski definition) is 0. The van der Waals surface area contributed by atoms with E-state index in [9.17, 15) is 4.79 Å². The fourth-order valence-electron chi connectivity index (χ4n) is 1.56. The lowest BCUT2D eigenvalue weighted by atomic mass is 9.89. The van der Waals surface area contributed by atoms with Gasteiger partial charge in [-0.2, -0.15) is 0 Å². The van der Waals surface area contributed by atoms with E-state index < -0.39 is 0 Å². The van der Waals surface area contributed by atoms with Crippen LogP contribution in [0, 0.1) is 11.8 Å². The monoisotopic (exact) mass is 171 g/mol. The molecule has 1 aliphatic rings. The van der Waals surface area contributed by atoms with E-state index in [2.05, 4.69) is 18.6 Å². The van der Waals surface area contributed by atoms with E-state index in [1.807, 2.05) is 0 Å². The summed E-state index contributed by atoms with van der Waals surface area (Å²) in [7, 11) is 1.44. The Morgan fingerprint density at radius 2 is 2.08 bits per heavy atom. The van der Waals surface area contributed by atoms with Crippen molar-refractivity contribution in [2.45, 2.75) is 20.3 Å².